The van der Waals surface area contributed by atoms with E-state index < -0.39 is 21.6 Å². The first-order valence-corrected chi connectivity index (χ1v) is 8.92. The van der Waals surface area contributed by atoms with Gasteiger partial charge in [0.05, 0.1) is 30.2 Å². The van der Waals surface area contributed by atoms with E-state index >= 15 is 0 Å². The maximum atomic E-state index is 13.0. The highest BCUT2D eigenvalue weighted by atomic mass is 35.5. The molecule has 25 heavy (non-hydrogen) atoms. The number of para-hydroxylation sites is 2. The molecule has 0 N–H and O–H groups in total. The molecular weight excluding hydrogens is 366 g/mol. The summed E-state index contributed by atoms with van der Waals surface area (Å²) in [6.45, 7) is 3.54. The lowest BCUT2D eigenvalue weighted by atomic mass is 10.2. The Balaban J connectivity index is 2.63. The van der Waals surface area contributed by atoms with Gasteiger partial charge in [-0.25, -0.2) is 8.42 Å². The van der Waals surface area contributed by atoms with Gasteiger partial charge in [-0.05, 0) is 30.3 Å². The predicted octanol–water partition coefficient (Wildman–Crippen LogP) is 2.09. The van der Waals surface area contributed by atoms with Crippen molar-refractivity contribution in [1.82, 2.24) is 0 Å². The maximum Gasteiger partial charge on any atom is 0.264 e. The first-order chi connectivity index (χ1) is 11.8. The van der Waals surface area contributed by atoms with Crippen LogP contribution in [0.25, 0.3) is 0 Å². The van der Waals surface area contributed by atoms with Gasteiger partial charge in [0.25, 0.3) is 10.0 Å². The summed E-state index contributed by atoms with van der Waals surface area (Å²) in [6, 6.07) is 9.97. The van der Waals surface area contributed by atoms with E-state index in [9.17, 15) is 18.3 Å². The van der Waals surface area contributed by atoms with Crippen LogP contribution in [0.3, 0.4) is 0 Å². The zero-order valence-electron chi connectivity index (χ0n) is 13.3. The van der Waals surface area contributed by atoms with Crippen LogP contribution in [0.1, 0.15) is 10.4 Å². The third-order valence-electron chi connectivity index (χ3n) is 3.39. The Labute approximate surface area is 151 Å². The van der Waals surface area contributed by atoms with Crippen molar-refractivity contribution >= 4 is 33.3 Å². The number of nitrogens with zero attached hydrogens (tertiary/aromatic N) is 1. The number of aromatic carboxylic acids is 1. The molecular formula is C17H15ClNO5S-. The molecule has 0 aromatic heterocycles. The quantitative estimate of drug-likeness (QED) is 0.686. The third kappa shape index (κ3) is 3.78. The number of anilines is 1. The van der Waals surface area contributed by atoms with Gasteiger partial charge in [-0.2, -0.15) is 0 Å². The third-order valence-corrected chi connectivity index (χ3v) is 5.50. The fourth-order valence-electron chi connectivity index (χ4n) is 2.23. The number of carbonyl (C=O) groups excluding carboxylic acids is 1. The zero-order valence-corrected chi connectivity index (χ0v) is 14.9. The number of ether oxygens (including phenoxy) is 1. The lowest BCUT2D eigenvalue weighted by Crippen LogP contribution is -2.32. The smallest absolute Gasteiger partial charge is 0.264 e. The van der Waals surface area contributed by atoms with Crippen LogP contribution in [0.2, 0.25) is 5.02 Å². The molecule has 0 saturated carbocycles. The minimum atomic E-state index is -4.09. The van der Waals surface area contributed by atoms with Crippen LogP contribution < -0.4 is 14.1 Å². The molecule has 0 heterocycles. The van der Waals surface area contributed by atoms with Gasteiger partial charge in [-0.1, -0.05) is 29.8 Å². The van der Waals surface area contributed by atoms with Gasteiger partial charge in [0.1, 0.15) is 5.75 Å². The second-order valence-electron chi connectivity index (χ2n) is 4.93. The van der Waals surface area contributed by atoms with Crippen LogP contribution in [-0.4, -0.2) is 28.0 Å². The van der Waals surface area contributed by atoms with Crippen molar-refractivity contribution < 1.29 is 23.1 Å². The fourth-order valence-corrected chi connectivity index (χ4v) is 3.89. The van der Waals surface area contributed by atoms with Crippen molar-refractivity contribution in [1.29, 1.82) is 0 Å². The number of methoxy groups -OCH3 is 1. The Morgan fingerprint density at radius 2 is 2.00 bits per heavy atom. The number of carboxylic acid groups (broad SMARTS) is 1. The molecule has 0 amide bonds. The van der Waals surface area contributed by atoms with E-state index in [1.54, 1.807) is 24.3 Å². The molecule has 132 valence electrons. The van der Waals surface area contributed by atoms with E-state index in [0.717, 1.165) is 10.4 Å². The van der Waals surface area contributed by atoms with Gasteiger partial charge in [-0.3, -0.25) is 4.31 Å². The van der Waals surface area contributed by atoms with Gasteiger partial charge in [-0.15, -0.1) is 6.58 Å². The number of carbonyl (C=O) groups is 1. The highest BCUT2D eigenvalue weighted by Crippen LogP contribution is 2.33. The van der Waals surface area contributed by atoms with Crippen LogP contribution in [-0.2, 0) is 10.0 Å². The van der Waals surface area contributed by atoms with Crippen molar-refractivity contribution in [3.8, 4) is 5.75 Å². The van der Waals surface area contributed by atoms with Crippen LogP contribution >= 0.6 is 11.6 Å². The Hall–Kier alpha value is -2.51. The first kappa shape index (κ1) is 18.8. The topological polar surface area (TPSA) is 86.7 Å². The standard InChI is InChI=1S/C17H16ClNO5S/c1-3-10-19(15-6-4-5-7-16(15)24-2)25(22,23)12-8-9-14(18)13(11-12)17(20)21/h3-9,11H,1,10H2,2H3,(H,20,21)/p-1. The molecule has 0 aliphatic carbocycles. The molecule has 2 rings (SSSR count). The summed E-state index contributed by atoms with van der Waals surface area (Å²) in [7, 11) is -2.66. The predicted molar refractivity (Wildman–Crippen MR) is 93.5 cm³/mol. The lowest BCUT2D eigenvalue weighted by molar-refractivity contribution is -0.255. The molecule has 6 nitrogen and oxygen atoms in total. The normalized spacial score (nSPS) is 11.0. The van der Waals surface area contributed by atoms with Crippen molar-refractivity contribution in [2.45, 2.75) is 4.90 Å². The van der Waals surface area contributed by atoms with Gasteiger partial charge in [0.2, 0.25) is 0 Å². The monoisotopic (exact) mass is 380 g/mol. The molecule has 0 aliphatic rings. The molecule has 0 atom stereocenters. The Kier molecular flexibility index (Phi) is 5.71. The summed E-state index contributed by atoms with van der Waals surface area (Å²) in [5.74, 6) is -1.21. The number of hydrogen-bond acceptors (Lipinski definition) is 5. The van der Waals surface area contributed by atoms with Crippen molar-refractivity contribution in [3.05, 3.63) is 65.7 Å². The van der Waals surface area contributed by atoms with Crippen LogP contribution in [0, 0.1) is 0 Å². The molecule has 2 aromatic carbocycles. The van der Waals surface area contributed by atoms with Crippen molar-refractivity contribution in [3.63, 3.8) is 0 Å². The molecule has 0 bridgehead atoms. The number of rotatable bonds is 7. The molecule has 0 spiro atoms. The molecule has 0 fully saturated rings. The highest BCUT2D eigenvalue weighted by molar-refractivity contribution is 7.92. The molecule has 0 unspecified atom stereocenters. The van der Waals surface area contributed by atoms with E-state index in [-0.39, 0.29) is 16.5 Å². The van der Waals surface area contributed by atoms with Crippen molar-refractivity contribution in [2.24, 2.45) is 0 Å². The van der Waals surface area contributed by atoms with Gasteiger partial charge in [0.15, 0.2) is 0 Å². The molecule has 0 saturated heterocycles. The minimum Gasteiger partial charge on any atom is -0.545 e. The second kappa shape index (κ2) is 7.58. The summed E-state index contributed by atoms with van der Waals surface area (Å²) in [5.41, 5.74) is -0.101. The summed E-state index contributed by atoms with van der Waals surface area (Å²) < 4.78 is 32.4. The minimum absolute atomic E-state index is 0.0357. The SMILES string of the molecule is C=CCN(c1ccccc1OC)S(=O)(=O)c1ccc(Cl)c(C(=O)[O-])c1. The van der Waals surface area contributed by atoms with Gasteiger partial charge in [0, 0.05) is 10.6 Å². The Bertz CT molecular complexity index is 911. The Morgan fingerprint density at radius 1 is 1.32 bits per heavy atom. The highest BCUT2D eigenvalue weighted by Gasteiger charge is 2.27. The van der Waals surface area contributed by atoms with Crippen LogP contribution in [0.5, 0.6) is 5.75 Å². The second-order valence-corrected chi connectivity index (χ2v) is 7.20. The molecule has 0 aliphatic heterocycles. The van der Waals surface area contributed by atoms with Gasteiger partial charge < -0.3 is 14.6 Å². The van der Waals surface area contributed by atoms with Crippen molar-refractivity contribution in [2.75, 3.05) is 18.0 Å². The average molecular weight is 381 g/mol. The summed E-state index contributed by atoms with van der Waals surface area (Å²) in [5, 5.41) is 11.0. The number of sulfonamides is 1. The van der Waals surface area contributed by atoms with E-state index in [2.05, 4.69) is 6.58 Å². The van der Waals surface area contributed by atoms with E-state index in [1.165, 1.54) is 25.3 Å². The summed E-state index contributed by atoms with van der Waals surface area (Å²) in [6.07, 6.45) is 1.42. The number of hydrogen-bond donors (Lipinski definition) is 0. The van der Waals surface area contributed by atoms with E-state index in [1.807, 2.05) is 0 Å². The zero-order chi connectivity index (χ0) is 18.6. The average Bonchev–Trinajstić information content (AvgIpc) is 2.59. The molecule has 2 aromatic rings. The molecule has 8 heteroatoms. The van der Waals surface area contributed by atoms with Crippen LogP contribution in [0.4, 0.5) is 5.69 Å². The molecule has 0 radical (unpaired) electrons. The maximum absolute atomic E-state index is 13.0. The van der Waals surface area contributed by atoms with Crippen LogP contribution in [0.15, 0.2) is 60.0 Å². The first-order valence-electron chi connectivity index (χ1n) is 7.10. The van der Waals surface area contributed by atoms with Gasteiger partial charge >= 0.3 is 0 Å². The number of carboxylic acids is 1. The van der Waals surface area contributed by atoms with E-state index in [0.29, 0.717) is 11.4 Å². The summed E-state index contributed by atoms with van der Waals surface area (Å²) >= 11 is 5.78. The Morgan fingerprint density at radius 3 is 2.60 bits per heavy atom. The lowest BCUT2D eigenvalue weighted by Gasteiger charge is -2.25. The number of halogens is 1. The van der Waals surface area contributed by atoms with E-state index in [4.69, 9.17) is 16.3 Å². The summed E-state index contributed by atoms with van der Waals surface area (Å²) in [4.78, 5) is 10.9. The fraction of sp³-hybridized carbons (Fsp3) is 0.118. The largest absolute Gasteiger partial charge is 0.545 e. The number of benzene rings is 2.